The molecule has 0 spiro atoms. The Morgan fingerprint density at radius 1 is 1.18 bits per heavy atom. The molecular weight excluding hydrogens is 220 g/mol. The number of nitrogen functional groups attached to an aromatic ring is 1. The van der Waals surface area contributed by atoms with Crippen molar-refractivity contribution >= 4 is 17.4 Å². The monoisotopic (exact) mass is 230 g/mol. The lowest BCUT2D eigenvalue weighted by Crippen LogP contribution is -2.16. The van der Waals surface area contributed by atoms with Crippen LogP contribution >= 0.6 is 0 Å². The Morgan fingerprint density at radius 3 is 2.65 bits per heavy atom. The molecule has 2 aromatic heterocycles. The second-order valence-electron chi connectivity index (χ2n) is 3.12. The van der Waals surface area contributed by atoms with Gasteiger partial charge in [0.1, 0.15) is 5.69 Å². The van der Waals surface area contributed by atoms with E-state index in [2.05, 4.69) is 25.7 Å². The SMILES string of the molecule is NNc1cncc(C(=O)Nc2ccncc2)n1. The highest BCUT2D eigenvalue weighted by Gasteiger charge is 2.08. The average Bonchev–Trinajstić information content (AvgIpc) is 2.40. The normalized spacial score (nSPS) is 9.71. The van der Waals surface area contributed by atoms with Crippen molar-refractivity contribution < 1.29 is 4.79 Å². The van der Waals surface area contributed by atoms with Crippen LogP contribution in [0.4, 0.5) is 11.5 Å². The molecule has 0 radical (unpaired) electrons. The fourth-order valence-corrected chi connectivity index (χ4v) is 1.18. The summed E-state index contributed by atoms with van der Waals surface area (Å²) in [7, 11) is 0. The predicted octanol–water partition coefficient (Wildman–Crippen LogP) is 0.410. The van der Waals surface area contributed by atoms with Gasteiger partial charge in [0.15, 0.2) is 5.82 Å². The molecule has 2 heterocycles. The fraction of sp³-hybridized carbons (Fsp3) is 0. The lowest BCUT2D eigenvalue weighted by Gasteiger charge is -2.04. The maximum Gasteiger partial charge on any atom is 0.275 e. The number of carbonyl (C=O) groups excluding carboxylic acids is 1. The zero-order valence-electron chi connectivity index (χ0n) is 8.79. The first kappa shape index (κ1) is 11.0. The lowest BCUT2D eigenvalue weighted by atomic mass is 10.3. The van der Waals surface area contributed by atoms with E-state index < -0.39 is 0 Å². The zero-order valence-corrected chi connectivity index (χ0v) is 8.79. The Hall–Kier alpha value is -2.54. The van der Waals surface area contributed by atoms with Gasteiger partial charge >= 0.3 is 0 Å². The van der Waals surface area contributed by atoms with Crippen LogP contribution in [0.1, 0.15) is 10.5 Å². The highest BCUT2D eigenvalue weighted by molar-refractivity contribution is 6.02. The van der Waals surface area contributed by atoms with E-state index in [0.717, 1.165) is 0 Å². The molecule has 0 saturated carbocycles. The summed E-state index contributed by atoms with van der Waals surface area (Å²) in [6.07, 6.45) is 5.94. The predicted molar refractivity (Wildman–Crippen MR) is 62.0 cm³/mol. The highest BCUT2D eigenvalue weighted by Crippen LogP contribution is 2.06. The van der Waals surface area contributed by atoms with Crippen LogP contribution in [0.2, 0.25) is 0 Å². The largest absolute Gasteiger partial charge is 0.320 e. The van der Waals surface area contributed by atoms with Crippen LogP contribution in [0.15, 0.2) is 36.9 Å². The lowest BCUT2D eigenvalue weighted by molar-refractivity contribution is 0.102. The van der Waals surface area contributed by atoms with E-state index in [1.54, 1.807) is 24.5 Å². The molecular formula is C10H10N6O. The first-order chi connectivity index (χ1) is 8.29. The number of hydrogen-bond donors (Lipinski definition) is 3. The van der Waals surface area contributed by atoms with E-state index in [0.29, 0.717) is 11.5 Å². The number of pyridine rings is 1. The standard InChI is InChI=1S/C10H10N6O/c11-16-9-6-13-5-8(15-9)10(17)14-7-1-3-12-4-2-7/h1-6H,11H2,(H,15,16)(H,12,14,17). The number of nitrogens with two attached hydrogens (primary N) is 1. The molecule has 0 aliphatic carbocycles. The smallest absolute Gasteiger partial charge is 0.275 e. The zero-order chi connectivity index (χ0) is 12.1. The topological polar surface area (TPSA) is 106 Å². The third-order valence-electron chi connectivity index (χ3n) is 1.95. The summed E-state index contributed by atoms with van der Waals surface area (Å²) in [5, 5.41) is 2.66. The first-order valence-corrected chi connectivity index (χ1v) is 4.79. The molecule has 86 valence electrons. The minimum atomic E-state index is -0.360. The third-order valence-corrected chi connectivity index (χ3v) is 1.95. The second-order valence-corrected chi connectivity index (χ2v) is 3.12. The Kier molecular flexibility index (Phi) is 3.22. The molecule has 0 saturated heterocycles. The highest BCUT2D eigenvalue weighted by atomic mass is 16.1. The van der Waals surface area contributed by atoms with Gasteiger partial charge in [0.2, 0.25) is 0 Å². The van der Waals surface area contributed by atoms with Gasteiger partial charge in [-0.05, 0) is 12.1 Å². The van der Waals surface area contributed by atoms with Crippen LogP contribution in [-0.4, -0.2) is 20.9 Å². The van der Waals surface area contributed by atoms with Crippen molar-refractivity contribution in [2.45, 2.75) is 0 Å². The van der Waals surface area contributed by atoms with Gasteiger partial charge in [0.25, 0.3) is 5.91 Å². The minimum absolute atomic E-state index is 0.178. The summed E-state index contributed by atoms with van der Waals surface area (Å²) >= 11 is 0. The van der Waals surface area contributed by atoms with Crippen LogP contribution in [0.5, 0.6) is 0 Å². The summed E-state index contributed by atoms with van der Waals surface area (Å²) in [6, 6.07) is 3.35. The van der Waals surface area contributed by atoms with Crippen molar-refractivity contribution in [2.75, 3.05) is 10.7 Å². The number of carbonyl (C=O) groups is 1. The molecule has 0 unspecified atom stereocenters. The van der Waals surface area contributed by atoms with Gasteiger partial charge in [-0.15, -0.1) is 0 Å². The Morgan fingerprint density at radius 2 is 1.94 bits per heavy atom. The Labute approximate surface area is 97.1 Å². The molecule has 2 rings (SSSR count). The summed E-state index contributed by atoms with van der Waals surface area (Å²) in [6.45, 7) is 0. The minimum Gasteiger partial charge on any atom is -0.320 e. The molecule has 2 aromatic rings. The van der Waals surface area contributed by atoms with E-state index in [-0.39, 0.29) is 11.6 Å². The summed E-state index contributed by atoms with van der Waals surface area (Å²) in [5.41, 5.74) is 3.14. The van der Waals surface area contributed by atoms with Crippen LogP contribution in [0.3, 0.4) is 0 Å². The quantitative estimate of drug-likeness (QED) is 0.521. The molecule has 0 aliphatic heterocycles. The molecule has 7 heteroatoms. The number of amides is 1. The second kappa shape index (κ2) is 4.99. The Bertz CT molecular complexity index is 515. The molecule has 1 amide bonds. The van der Waals surface area contributed by atoms with Gasteiger partial charge < -0.3 is 10.7 Å². The average molecular weight is 230 g/mol. The number of anilines is 2. The van der Waals surface area contributed by atoms with Crippen LogP contribution in [0.25, 0.3) is 0 Å². The summed E-state index contributed by atoms with van der Waals surface area (Å²) in [5.74, 6) is 5.14. The van der Waals surface area contributed by atoms with Crippen molar-refractivity contribution in [1.82, 2.24) is 15.0 Å². The van der Waals surface area contributed by atoms with Crippen molar-refractivity contribution in [3.05, 3.63) is 42.6 Å². The van der Waals surface area contributed by atoms with Crippen molar-refractivity contribution in [1.29, 1.82) is 0 Å². The molecule has 0 bridgehead atoms. The van der Waals surface area contributed by atoms with Crippen molar-refractivity contribution in [3.63, 3.8) is 0 Å². The Balaban J connectivity index is 2.14. The van der Waals surface area contributed by atoms with Gasteiger partial charge in [0, 0.05) is 18.1 Å². The number of hydrazine groups is 1. The number of aromatic nitrogens is 3. The molecule has 17 heavy (non-hydrogen) atoms. The van der Waals surface area contributed by atoms with Gasteiger partial charge in [-0.1, -0.05) is 0 Å². The molecule has 0 atom stereocenters. The van der Waals surface area contributed by atoms with E-state index in [1.165, 1.54) is 12.4 Å². The molecule has 0 aliphatic rings. The van der Waals surface area contributed by atoms with Gasteiger partial charge in [-0.2, -0.15) is 0 Å². The number of rotatable bonds is 3. The molecule has 0 fully saturated rings. The molecule has 0 aromatic carbocycles. The van der Waals surface area contributed by atoms with Crippen LogP contribution in [-0.2, 0) is 0 Å². The van der Waals surface area contributed by atoms with Gasteiger partial charge in [0.05, 0.1) is 12.4 Å². The maximum absolute atomic E-state index is 11.8. The number of nitrogens with zero attached hydrogens (tertiary/aromatic N) is 3. The van der Waals surface area contributed by atoms with Gasteiger partial charge in [-0.25, -0.2) is 10.8 Å². The van der Waals surface area contributed by atoms with E-state index in [1.807, 2.05) is 0 Å². The van der Waals surface area contributed by atoms with E-state index in [9.17, 15) is 4.79 Å². The summed E-state index contributed by atoms with van der Waals surface area (Å²) in [4.78, 5) is 23.4. The summed E-state index contributed by atoms with van der Waals surface area (Å²) < 4.78 is 0. The van der Waals surface area contributed by atoms with E-state index >= 15 is 0 Å². The van der Waals surface area contributed by atoms with Gasteiger partial charge in [-0.3, -0.25) is 14.8 Å². The van der Waals surface area contributed by atoms with Crippen molar-refractivity contribution in [2.24, 2.45) is 5.84 Å². The molecule has 4 N–H and O–H groups in total. The maximum atomic E-state index is 11.8. The number of nitrogens with one attached hydrogen (secondary N) is 2. The first-order valence-electron chi connectivity index (χ1n) is 4.79. The number of hydrogen-bond acceptors (Lipinski definition) is 6. The van der Waals surface area contributed by atoms with Crippen LogP contribution in [0, 0.1) is 0 Å². The molecule has 7 nitrogen and oxygen atoms in total. The van der Waals surface area contributed by atoms with Crippen LogP contribution < -0.4 is 16.6 Å². The fourth-order valence-electron chi connectivity index (χ4n) is 1.18. The van der Waals surface area contributed by atoms with E-state index in [4.69, 9.17) is 5.84 Å². The third kappa shape index (κ3) is 2.73. The van der Waals surface area contributed by atoms with Crippen molar-refractivity contribution in [3.8, 4) is 0 Å².